The molecule has 0 bridgehead atoms. The number of carbonyl (C=O) groups is 1. The van der Waals surface area contributed by atoms with E-state index in [0.29, 0.717) is 17.3 Å². The zero-order valence-electron chi connectivity index (χ0n) is 15.5. The maximum Gasteiger partial charge on any atom is 0.248 e. The minimum atomic E-state index is -0.236. The van der Waals surface area contributed by atoms with Gasteiger partial charge in [-0.05, 0) is 31.6 Å². The summed E-state index contributed by atoms with van der Waals surface area (Å²) in [4.78, 5) is 13.3. The van der Waals surface area contributed by atoms with E-state index in [1.807, 2.05) is 31.2 Å². The summed E-state index contributed by atoms with van der Waals surface area (Å²) in [7, 11) is 0. The lowest BCUT2D eigenvalue weighted by Gasteiger charge is -2.08. The normalized spacial score (nSPS) is 10.9. The van der Waals surface area contributed by atoms with Gasteiger partial charge in [-0.15, -0.1) is 11.8 Å². The molecule has 0 radical (unpaired) electrons. The number of thioether (sulfide) groups is 1. The van der Waals surface area contributed by atoms with E-state index in [-0.39, 0.29) is 5.91 Å². The minimum Gasteiger partial charge on any atom is -0.321 e. The van der Waals surface area contributed by atoms with E-state index in [4.69, 9.17) is 16.9 Å². The average Bonchev–Trinajstić information content (AvgIpc) is 2.93. The van der Waals surface area contributed by atoms with E-state index in [1.165, 1.54) is 6.08 Å². The second kappa shape index (κ2) is 10.8. The first-order valence-corrected chi connectivity index (χ1v) is 10.2. The molecule has 142 valence electrons. The second-order valence-corrected chi connectivity index (χ2v) is 7.44. The summed E-state index contributed by atoms with van der Waals surface area (Å²) < 4.78 is 1.78. The van der Waals surface area contributed by atoms with E-state index in [0.717, 1.165) is 41.2 Å². The molecular formula is C20H23ClN4OS. The predicted octanol–water partition coefficient (Wildman–Crippen LogP) is 5.30. The fourth-order valence-electron chi connectivity index (χ4n) is 2.45. The molecule has 0 aliphatic heterocycles. The molecule has 0 saturated carbocycles. The number of benzene rings is 1. The van der Waals surface area contributed by atoms with Gasteiger partial charge in [0.05, 0.1) is 17.5 Å². The summed E-state index contributed by atoms with van der Waals surface area (Å²) in [6, 6.07) is 9.68. The SMILES string of the molecule is CCCCn1nc(C)c(C=CC(=O)Nc2ccccc2SCCC#N)c1Cl. The molecular weight excluding hydrogens is 380 g/mol. The van der Waals surface area contributed by atoms with Gasteiger partial charge in [0.1, 0.15) is 5.15 Å². The number of nitrogens with one attached hydrogen (secondary N) is 1. The zero-order valence-corrected chi connectivity index (χ0v) is 17.1. The van der Waals surface area contributed by atoms with Gasteiger partial charge in [-0.3, -0.25) is 9.48 Å². The van der Waals surface area contributed by atoms with E-state index < -0.39 is 0 Å². The van der Waals surface area contributed by atoms with Crippen LogP contribution in [-0.2, 0) is 11.3 Å². The Morgan fingerprint density at radius 2 is 2.22 bits per heavy atom. The number of hydrogen-bond acceptors (Lipinski definition) is 4. The molecule has 0 spiro atoms. The number of aromatic nitrogens is 2. The van der Waals surface area contributed by atoms with Crippen LogP contribution in [0, 0.1) is 18.3 Å². The third-order valence-corrected chi connectivity index (χ3v) is 5.32. The lowest BCUT2D eigenvalue weighted by molar-refractivity contribution is -0.111. The first-order chi connectivity index (χ1) is 13.1. The molecule has 7 heteroatoms. The smallest absolute Gasteiger partial charge is 0.248 e. The van der Waals surface area contributed by atoms with Crippen LogP contribution in [-0.4, -0.2) is 21.4 Å². The highest BCUT2D eigenvalue weighted by Gasteiger charge is 2.11. The number of amides is 1. The number of para-hydroxylation sites is 1. The number of hydrogen-bond donors (Lipinski definition) is 1. The standard InChI is InChI=1S/C20H23ClN4OS/c1-3-4-13-25-20(21)16(15(2)24-25)10-11-19(26)23-17-8-5-6-9-18(17)27-14-7-12-22/h5-6,8-11H,3-4,7,13-14H2,1-2H3,(H,23,26). The first kappa shape index (κ1) is 21.1. The largest absolute Gasteiger partial charge is 0.321 e. The third-order valence-electron chi connectivity index (χ3n) is 3.85. The van der Waals surface area contributed by atoms with Crippen LogP contribution in [0.5, 0.6) is 0 Å². The van der Waals surface area contributed by atoms with Crippen LogP contribution >= 0.6 is 23.4 Å². The van der Waals surface area contributed by atoms with Crippen molar-refractivity contribution in [1.82, 2.24) is 9.78 Å². The van der Waals surface area contributed by atoms with Gasteiger partial charge in [0.15, 0.2) is 0 Å². The summed E-state index contributed by atoms with van der Waals surface area (Å²) in [6.45, 7) is 4.77. The van der Waals surface area contributed by atoms with Gasteiger partial charge in [-0.2, -0.15) is 10.4 Å². The van der Waals surface area contributed by atoms with E-state index >= 15 is 0 Å². The van der Waals surface area contributed by atoms with Crippen LogP contribution in [0.4, 0.5) is 5.69 Å². The fourth-order valence-corrected chi connectivity index (χ4v) is 3.63. The van der Waals surface area contributed by atoms with Crippen molar-refractivity contribution in [3.8, 4) is 6.07 Å². The Labute approximate surface area is 169 Å². The molecule has 1 N–H and O–H groups in total. The molecule has 0 aliphatic rings. The fraction of sp³-hybridized carbons (Fsp3) is 0.350. The number of unbranched alkanes of at least 4 members (excludes halogenated alkanes) is 1. The highest BCUT2D eigenvalue weighted by Crippen LogP contribution is 2.27. The van der Waals surface area contributed by atoms with Crippen molar-refractivity contribution in [2.45, 2.75) is 44.6 Å². The van der Waals surface area contributed by atoms with Gasteiger partial charge >= 0.3 is 0 Å². The van der Waals surface area contributed by atoms with Crippen molar-refractivity contribution >= 4 is 41.0 Å². The van der Waals surface area contributed by atoms with Crippen LogP contribution in [0.15, 0.2) is 35.2 Å². The topological polar surface area (TPSA) is 70.7 Å². The summed E-state index contributed by atoms with van der Waals surface area (Å²) in [5.41, 5.74) is 2.30. The molecule has 0 fully saturated rings. The van der Waals surface area contributed by atoms with Gasteiger partial charge in [0.25, 0.3) is 0 Å². The predicted molar refractivity (Wildman–Crippen MR) is 112 cm³/mol. The number of halogens is 1. The van der Waals surface area contributed by atoms with Gasteiger partial charge in [0.2, 0.25) is 5.91 Å². The Bertz CT molecular complexity index is 854. The minimum absolute atomic E-state index is 0.236. The van der Waals surface area contributed by atoms with Gasteiger partial charge in [0, 0.05) is 35.3 Å². The van der Waals surface area contributed by atoms with E-state index in [1.54, 1.807) is 22.5 Å². The number of carbonyl (C=O) groups excluding carboxylic acids is 1. The lowest BCUT2D eigenvalue weighted by atomic mass is 10.2. The lowest BCUT2D eigenvalue weighted by Crippen LogP contribution is -2.08. The highest BCUT2D eigenvalue weighted by molar-refractivity contribution is 7.99. The van der Waals surface area contributed by atoms with Crippen molar-refractivity contribution in [1.29, 1.82) is 5.26 Å². The van der Waals surface area contributed by atoms with Crippen molar-refractivity contribution in [2.75, 3.05) is 11.1 Å². The zero-order chi connectivity index (χ0) is 19.6. The summed E-state index contributed by atoms with van der Waals surface area (Å²) in [5.74, 6) is 0.449. The monoisotopic (exact) mass is 402 g/mol. The molecule has 1 heterocycles. The average molecular weight is 403 g/mol. The molecule has 2 aromatic rings. The third kappa shape index (κ3) is 6.16. The van der Waals surface area contributed by atoms with Crippen molar-refractivity contribution < 1.29 is 4.79 Å². The molecule has 2 rings (SSSR count). The van der Waals surface area contributed by atoms with Crippen LogP contribution < -0.4 is 5.32 Å². The summed E-state index contributed by atoms with van der Waals surface area (Å²) in [6.07, 6.45) is 5.71. The molecule has 1 aromatic carbocycles. The molecule has 0 unspecified atom stereocenters. The highest BCUT2D eigenvalue weighted by atomic mass is 35.5. The Morgan fingerprint density at radius 1 is 1.44 bits per heavy atom. The van der Waals surface area contributed by atoms with Gasteiger partial charge in [-0.25, -0.2) is 0 Å². The number of anilines is 1. The number of nitriles is 1. The Balaban J connectivity index is 2.06. The molecule has 0 saturated heterocycles. The molecule has 27 heavy (non-hydrogen) atoms. The Hall–Kier alpha value is -2.23. The van der Waals surface area contributed by atoms with Gasteiger partial charge in [-0.1, -0.05) is 37.1 Å². The second-order valence-electron chi connectivity index (χ2n) is 5.94. The van der Waals surface area contributed by atoms with Crippen molar-refractivity contribution in [3.05, 3.63) is 46.8 Å². The van der Waals surface area contributed by atoms with Crippen LogP contribution in [0.2, 0.25) is 5.15 Å². The van der Waals surface area contributed by atoms with Crippen molar-refractivity contribution in [2.24, 2.45) is 0 Å². The summed E-state index contributed by atoms with van der Waals surface area (Å²) >= 11 is 7.94. The molecule has 1 aromatic heterocycles. The Morgan fingerprint density at radius 3 is 2.96 bits per heavy atom. The maximum absolute atomic E-state index is 12.3. The molecule has 1 amide bonds. The van der Waals surface area contributed by atoms with Crippen LogP contribution in [0.25, 0.3) is 6.08 Å². The number of nitrogens with zero attached hydrogens (tertiary/aromatic N) is 3. The van der Waals surface area contributed by atoms with Crippen LogP contribution in [0.3, 0.4) is 0 Å². The van der Waals surface area contributed by atoms with E-state index in [9.17, 15) is 4.79 Å². The van der Waals surface area contributed by atoms with Crippen LogP contribution in [0.1, 0.15) is 37.4 Å². The Kier molecular flexibility index (Phi) is 8.43. The number of aryl methyl sites for hydroxylation is 2. The molecule has 5 nitrogen and oxygen atoms in total. The maximum atomic E-state index is 12.3. The van der Waals surface area contributed by atoms with E-state index in [2.05, 4.69) is 23.4 Å². The molecule has 0 aliphatic carbocycles. The quantitative estimate of drug-likeness (QED) is 0.351. The molecule has 0 atom stereocenters. The first-order valence-electron chi connectivity index (χ1n) is 8.87. The summed E-state index contributed by atoms with van der Waals surface area (Å²) in [5, 5.41) is 16.6. The van der Waals surface area contributed by atoms with Crippen molar-refractivity contribution in [3.63, 3.8) is 0 Å². The van der Waals surface area contributed by atoms with Gasteiger partial charge < -0.3 is 5.32 Å². The number of rotatable bonds is 9.